The number of carbonyl (C=O) groups excluding carboxylic acids is 1. The van der Waals surface area contributed by atoms with Gasteiger partial charge in [0.2, 0.25) is 10.9 Å². The van der Waals surface area contributed by atoms with E-state index in [0.717, 1.165) is 15.9 Å². The number of hydrogen-bond donors (Lipinski definition) is 0. The summed E-state index contributed by atoms with van der Waals surface area (Å²) in [5.41, 5.74) is -0.396. The average molecular weight is 415 g/mol. The third kappa shape index (κ3) is 4.09. The minimum absolute atomic E-state index is 0.00866. The van der Waals surface area contributed by atoms with Gasteiger partial charge < -0.3 is 9.64 Å². The number of rotatable bonds is 7. The van der Waals surface area contributed by atoms with Crippen LogP contribution in [0.15, 0.2) is 0 Å². The van der Waals surface area contributed by atoms with Crippen molar-refractivity contribution in [1.82, 2.24) is 19.5 Å². The lowest BCUT2D eigenvalue weighted by Gasteiger charge is -2.17. The number of carbonyl (C=O) groups is 1. The molecule has 0 N–H and O–H groups in total. The third-order valence-corrected chi connectivity index (χ3v) is 5.02. The Hall–Kier alpha value is -1.46. The van der Waals surface area contributed by atoms with Crippen molar-refractivity contribution in [2.24, 2.45) is 5.92 Å². The van der Waals surface area contributed by atoms with Gasteiger partial charge in [-0.1, -0.05) is 11.3 Å². The molecule has 2 aromatic rings. The lowest BCUT2D eigenvalue weighted by molar-refractivity contribution is -0.128. The Balaban J connectivity index is 1.81. The van der Waals surface area contributed by atoms with Crippen LogP contribution in [0.25, 0.3) is 4.96 Å². The maximum Gasteiger partial charge on any atom is 0.322 e. The van der Waals surface area contributed by atoms with Crippen LogP contribution in [-0.4, -0.2) is 44.4 Å². The van der Waals surface area contributed by atoms with E-state index >= 15 is 0 Å². The first-order valence-corrected chi connectivity index (χ1v) is 8.86. The molecule has 0 spiro atoms. The van der Waals surface area contributed by atoms with E-state index < -0.39 is 29.8 Å². The maximum absolute atomic E-state index is 13.5. The SMILES string of the molecule is COCc1nn2c(C(F)F)c(CN3CC(CC(F)(F)Cl)CC3=O)nc2s1. The summed E-state index contributed by atoms with van der Waals surface area (Å²) >= 11 is 6.02. The topological polar surface area (TPSA) is 59.7 Å². The molecule has 1 aliphatic rings. The van der Waals surface area contributed by atoms with Gasteiger partial charge in [-0.05, 0) is 17.5 Å². The highest BCUT2D eigenvalue weighted by Gasteiger charge is 2.38. The van der Waals surface area contributed by atoms with Crippen LogP contribution in [0.3, 0.4) is 0 Å². The Kier molecular flexibility index (Phi) is 5.40. The number of hydrogen-bond acceptors (Lipinski definition) is 5. The second-order valence-electron chi connectivity index (χ2n) is 6.03. The maximum atomic E-state index is 13.5. The van der Waals surface area contributed by atoms with Gasteiger partial charge in [0.25, 0.3) is 6.43 Å². The highest BCUT2D eigenvalue weighted by molar-refractivity contribution is 7.16. The van der Waals surface area contributed by atoms with Gasteiger partial charge in [-0.25, -0.2) is 18.3 Å². The third-order valence-electron chi connectivity index (χ3n) is 3.99. The summed E-state index contributed by atoms with van der Waals surface area (Å²) < 4.78 is 58.8. The van der Waals surface area contributed by atoms with E-state index in [2.05, 4.69) is 10.1 Å². The largest absolute Gasteiger partial charge is 0.377 e. The van der Waals surface area contributed by atoms with E-state index in [1.807, 2.05) is 0 Å². The minimum atomic E-state index is -3.40. The molecular weight excluding hydrogens is 400 g/mol. The van der Waals surface area contributed by atoms with E-state index in [-0.39, 0.29) is 42.7 Å². The van der Waals surface area contributed by atoms with E-state index in [0.29, 0.717) is 5.01 Å². The van der Waals surface area contributed by atoms with Gasteiger partial charge in [-0.15, -0.1) is 0 Å². The second kappa shape index (κ2) is 7.28. The second-order valence-corrected chi connectivity index (χ2v) is 7.62. The molecule has 1 aliphatic heterocycles. The van der Waals surface area contributed by atoms with E-state index in [1.165, 1.54) is 12.0 Å². The average Bonchev–Trinajstić information content (AvgIpc) is 3.10. The van der Waals surface area contributed by atoms with Crippen LogP contribution in [0.4, 0.5) is 17.6 Å². The molecular formula is C14H15ClF4N4O2S. The predicted molar refractivity (Wildman–Crippen MR) is 85.5 cm³/mol. The normalized spacial score (nSPS) is 18.7. The predicted octanol–water partition coefficient (Wildman–Crippen LogP) is 3.45. The van der Waals surface area contributed by atoms with Crippen molar-refractivity contribution in [3.63, 3.8) is 0 Å². The molecule has 1 amide bonds. The Morgan fingerprint density at radius 2 is 2.19 bits per heavy atom. The first-order valence-electron chi connectivity index (χ1n) is 7.66. The number of likely N-dealkylation sites (tertiary alicyclic amines) is 1. The first kappa shape index (κ1) is 19.3. The number of ether oxygens (including phenoxy) is 1. The quantitative estimate of drug-likeness (QED) is 0.514. The van der Waals surface area contributed by atoms with Crippen molar-refractivity contribution >= 4 is 33.8 Å². The van der Waals surface area contributed by atoms with Crippen LogP contribution in [-0.2, 0) is 22.7 Å². The molecule has 1 atom stereocenters. The Morgan fingerprint density at radius 1 is 1.46 bits per heavy atom. The fraction of sp³-hybridized carbons (Fsp3) is 0.643. The number of nitrogens with zero attached hydrogens (tertiary/aromatic N) is 4. The standard InChI is InChI=1S/C14H15ClF4N4O2S/c1-25-6-9-21-23-11(12(16)17)8(20-13(23)26-9)5-22-4-7(2-10(22)24)3-14(15,18)19/h7,12H,2-6H2,1H3. The fourth-order valence-corrected chi connectivity index (χ4v) is 4.12. The van der Waals surface area contributed by atoms with Crippen molar-refractivity contribution in [1.29, 1.82) is 0 Å². The molecule has 0 radical (unpaired) electrons. The van der Waals surface area contributed by atoms with Crippen molar-refractivity contribution in [2.45, 2.75) is 37.8 Å². The van der Waals surface area contributed by atoms with Gasteiger partial charge in [-0.3, -0.25) is 4.79 Å². The lowest BCUT2D eigenvalue weighted by Crippen LogP contribution is -2.26. The zero-order valence-corrected chi connectivity index (χ0v) is 15.2. The van der Waals surface area contributed by atoms with Crippen LogP contribution in [0.1, 0.15) is 35.7 Å². The number of fused-ring (bicyclic) bond motifs is 1. The van der Waals surface area contributed by atoms with Crippen LogP contribution in [0.2, 0.25) is 0 Å². The highest BCUT2D eigenvalue weighted by Crippen LogP contribution is 2.34. The van der Waals surface area contributed by atoms with Crippen molar-refractivity contribution in [2.75, 3.05) is 13.7 Å². The highest BCUT2D eigenvalue weighted by atomic mass is 35.5. The molecule has 1 unspecified atom stereocenters. The van der Waals surface area contributed by atoms with Crippen molar-refractivity contribution in [3.05, 3.63) is 16.4 Å². The van der Waals surface area contributed by atoms with Gasteiger partial charge in [0.05, 0.1) is 18.8 Å². The van der Waals surface area contributed by atoms with E-state index in [4.69, 9.17) is 16.3 Å². The zero-order valence-electron chi connectivity index (χ0n) is 13.6. The zero-order chi connectivity index (χ0) is 19.1. The molecule has 3 rings (SSSR count). The molecule has 3 heterocycles. The molecule has 0 saturated carbocycles. The summed E-state index contributed by atoms with van der Waals surface area (Å²) in [5, 5.41) is 1.14. The molecule has 2 aromatic heterocycles. The van der Waals surface area contributed by atoms with Gasteiger partial charge in [0.1, 0.15) is 10.7 Å². The number of halogens is 5. The molecule has 144 valence electrons. The molecule has 0 bridgehead atoms. The number of alkyl halides is 5. The Bertz CT molecular complexity index is 807. The summed E-state index contributed by atoms with van der Waals surface area (Å²) in [4.78, 5) is 17.7. The summed E-state index contributed by atoms with van der Waals surface area (Å²) in [7, 11) is 1.46. The number of aromatic nitrogens is 3. The van der Waals surface area contributed by atoms with Gasteiger partial charge in [0, 0.05) is 26.5 Å². The van der Waals surface area contributed by atoms with Crippen LogP contribution >= 0.6 is 22.9 Å². The monoisotopic (exact) mass is 414 g/mol. The molecule has 1 fully saturated rings. The summed E-state index contributed by atoms with van der Waals surface area (Å²) in [6.07, 6.45) is -3.58. The Labute approximate surface area is 154 Å². The van der Waals surface area contributed by atoms with Crippen LogP contribution in [0.5, 0.6) is 0 Å². The number of methoxy groups -OCH3 is 1. The summed E-state index contributed by atoms with van der Waals surface area (Å²) in [6, 6.07) is 0. The fourth-order valence-electron chi connectivity index (χ4n) is 3.01. The molecule has 0 aliphatic carbocycles. The van der Waals surface area contributed by atoms with E-state index in [1.54, 1.807) is 0 Å². The number of imidazole rings is 1. The molecule has 12 heteroatoms. The van der Waals surface area contributed by atoms with Crippen molar-refractivity contribution in [3.8, 4) is 0 Å². The van der Waals surface area contributed by atoms with Crippen molar-refractivity contribution < 1.29 is 27.1 Å². The van der Waals surface area contributed by atoms with Gasteiger partial charge in [0.15, 0.2) is 0 Å². The number of amides is 1. The molecule has 26 heavy (non-hydrogen) atoms. The first-order chi connectivity index (χ1) is 12.2. The lowest BCUT2D eigenvalue weighted by atomic mass is 10.1. The van der Waals surface area contributed by atoms with Gasteiger partial charge >= 0.3 is 5.38 Å². The van der Waals surface area contributed by atoms with Crippen LogP contribution < -0.4 is 0 Å². The molecule has 1 saturated heterocycles. The van der Waals surface area contributed by atoms with E-state index in [9.17, 15) is 22.4 Å². The Morgan fingerprint density at radius 3 is 2.81 bits per heavy atom. The van der Waals surface area contributed by atoms with Gasteiger partial charge in [-0.2, -0.15) is 13.9 Å². The summed E-state index contributed by atoms with van der Waals surface area (Å²) in [5.74, 6) is -1.01. The van der Waals surface area contributed by atoms with Crippen LogP contribution in [0, 0.1) is 5.92 Å². The summed E-state index contributed by atoms with van der Waals surface area (Å²) in [6.45, 7) is 0.0148. The molecule has 6 nitrogen and oxygen atoms in total. The smallest absolute Gasteiger partial charge is 0.322 e. The minimum Gasteiger partial charge on any atom is -0.377 e. The molecule has 0 aromatic carbocycles.